The first-order valence-electron chi connectivity index (χ1n) is 5.83. The van der Waals surface area contributed by atoms with Crippen molar-refractivity contribution in [1.82, 2.24) is 4.90 Å². The Balaban J connectivity index is 1.87. The van der Waals surface area contributed by atoms with Crippen molar-refractivity contribution in [2.24, 2.45) is 0 Å². The molecule has 1 N–H and O–H groups in total. The van der Waals surface area contributed by atoms with E-state index < -0.39 is 6.17 Å². The van der Waals surface area contributed by atoms with Crippen LogP contribution in [0.2, 0.25) is 0 Å². The van der Waals surface area contributed by atoms with Crippen LogP contribution in [-0.2, 0) is 0 Å². The van der Waals surface area contributed by atoms with Crippen LogP contribution in [0.1, 0.15) is 38.5 Å². The second-order valence-electron chi connectivity index (χ2n) is 4.63. The minimum absolute atomic E-state index is 0.145. The molecular weight excluding hydrogens is 181 g/mol. The van der Waals surface area contributed by atoms with Crippen LogP contribution in [-0.4, -0.2) is 41.4 Å². The maximum Gasteiger partial charge on any atom is 0.116 e. The molecule has 2 rings (SSSR count). The second-order valence-corrected chi connectivity index (χ2v) is 4.63. The molecule has 0 aromatic heterocycles. The summed E-state index contributed by atoms with van der Waals surface area (Å²) in [5, 5.41) is 9.37. The summed E-state index contributed by atoms with van der Waals surface area (Å²) in [6, 6.07) is 0.149. The van der Waals surface area contributed by atoms with Gasteiger partial charge in [-0.1, -0.05) is 12.8 Å². The lowest BCUT2D eigenvalue weighted by atomic mass is 9.91. The van der Waals surface area contributed by atoms with E-state index >= 15 is 0 Å². The van der Waals surface area contributed by atoms with Gasteiger partial charge in [0, 0.05) is 19.1 Å². The van der Waals surface area contributed by atoms with Crippen LogP contribution in [0.5, 0.6) is 0 Å². The minimum atomic E-state index is -0.626. The molecule has 0 spiro atoms. The Labute approximate surface area is 85.1 Å². The second kappa shape index (κ2) is 4.58. The van der Waals surface area contributed by atoms with Gasteiger partial charge in [0.25, 0.3) is 0 Å². The van der Waals surface area contributed by atoms with Gasteiger partial charge in [-0.3, -0.25) is 4.90 Å². The summed E-state index contributed by atoms with van der Waals surface area (Å²) in [4.78, 5) is 2.25. The van der Waals surface area contributed by atoms with Crippen molar-refractivity contribution in [1.29, 1.82) is 0 Å². The van der Waals surface area contributed by atoms with Crippen LogP contribution in [0, 0.1) is 0 Å². The summed E-state index contributed by atoms with van der Waals surface area (Å²) in [6.07, 6.45) is 4.85. The number of alkyl halides is 1. The maximum atomic E-state index is 13.6. The van der Waals surface area contributed by atoms with Crippen LogP contribution < -0.4 is 0 Å². The lowest BCUT2D eigenvalue weighted by molar-refractivity contribution is 0.0196. The number of aliphatic hydroxyl groups excluding tert-OH is 1. The van der Waals surface area contributed by atoms with E-state index in [0.717, 1.165) is 45.2 Å². The molecule has 0 radical (unpaired) electrons. The zero-order valence-corrected chi connectivity index (χ0v) is 8.66. The number of nitrogens with zero attached hydrogens (tertiary/aromatic N) is 1. The maximum absolute atomic E-state index is 13.6. The number of hydrogen-bond acceptors (Lipinski definition) is 2. The third-order valence-electron chi connectivity index (χ3n) is 3.62. The molecular formula is C11H20FNO. The summed E-state index contributed by atoms with van der Waals surface area (Å²) in [5.41, 5.74) is 0. The number of halogens is 1. The van der Waals surface area contributed by atoms with Crippen LogP contribution in [0.4, 0.5) is 4.39 Å². The van der Waals surface area contributed by atoms with Gasteiger partial charge < -0.3 is 5.11 Å². The van der Waals surface area contributed by atoms with Gasteiger partial charge >= 0.3 is 0 Å². The van der Waals surface area contributed by atoms with E-state index in [0.29, 0.717) is 0 Å². The van der Waals surface area contributed by atoms with E-state index in [-0.39, 0.29) is 12.1 Å². The molecule has 82 valence electrons. The molecule has 1 saturated heterocycles. The molecule has 0 aromatic rings. The van der Waals surface area contributed by atoms with Crippen LogP contribution >= 0.6 is 0 Å². The van der Waals surface area contributed by atoms with Crippen molar-refractivity contribution < 1.29 is 9.50 Å². The van der Waals surface area contributed by atoms with Gasteiger partial charge in [0.2, 0.25) is 0 Å². The number of hydrogen-bond donors (Lipinski definition) is 1. The summed E-state index contributed by atoms with van der Waals surface area (Å²) >= 11 is 0. The largest absolute Gasteiger partial charge is 0.393 e. The van der Waals surface area contributed by atoms with Crippen molar-refractivity contribution in [2.45, 2.75) is 56.8 Å². The van der Waals surface area contributed by atoms with Crippen molar-refractivity contribution in [3.8, 4) is 0 Å². The highest BCUT2D eigenvalue weighted by molar-refractivity contribution is 4.86. The number of rotatable bonds is 1. The van der Waals surface area contributed by atoms with E-state index in [1.807, 2.05) is 0 Å². The molecule has 2 aliphatic rings. The van der Waals surface area contributed by atoms with E-state index in [1.54, 1.807) is 0 Å². The van der Waals surface area contributed by atoms with Crippen molar-refractivity contribution in [3.63, 3.8) is 0 Å². The zero-order chi connectivity index (χ0) is 9.97. The first kappa shape index (κ1) is 10.4. The molecule has 14 heavy (non-hydrogen) atoms. The monoisotopic (exact) mass is 201 g/mol. The number of likely N-dealkylation sites (tertiary alicyclic amines) is 1. The molecule has 0 aromatic carbocycles. The first-order chi connectivity index (χ1) is 6.77. The average molecular weight is 201 g/mol. The molecule has 1 heterocycles. The Bertz CT molecular complexity index is 180. The van der Waals surface area contributed by atoms with Crippen LogP contribution in [0.15, 0.2) is 0 Å². The predicted octanol–water partition coefficient (Wildman–Crippen LogP) is 1.72. The zero-order valence-electron chi connectivity index (χ0n) is 8.66. The molecule has 2 nitrogen and oxygen atoms in total. The molecule has 2 atom stereocenters. The predicted molar refractivity (Wildman–Crippen MR) is 54.0 cm³/mol. The van der Waals surface area contributed by atoms with E-state index in [2.05, 4.69) is 4.90 Å². The number of piperidine rings is 1. The third kappa shape index (κ3) is 2.26. The average Bonchev–Trinajstić information content (AvgIpc) is 2.20. The lowest BCUT2D eigenvalue weighted by Crippen LogP contribution is -2.48. The van der Waals surface area contributed by atoms with Gasteiger partial charge in [-0.2, -0.15) is 0 Å². The molecule has 0 amide bonds. The smallest absolute Gasteiger partial charge is 0.116 e. The molecule has 1 aliphatic heterocycles. The fourth-order valence-corrected chi connectivity index (χ4v) is 2.69. The quantitative estimate of drug-likeness (QED) is 0.698. The SMILES string of the molecule is OC1CCN(C2CCCCC2F)CC1. The van der Waals surface area contributed by atoms with Gasteiger partial charge in [-0.05, 0) is 25.7 Å². The van der Waals surface area contributed by atoms with Crippen LogP contribution in [0.25, 0.3) is 0 Å². The fourth-order valence-electron chi connectivity index (χ4n) is 2.69. The van der Waals surface area contributed by atoms with Crippen molar-refractivity contribution in [2.75, 3.05) is 13.1 Å². The highest BCUT2D eigenvalue weighted by Gasteiger charge is 2.31. The van der Waals surface area contributed by atoms with Crippen LogP contribution in [0.3, 0.4) is 0 Å². The molecule has 1 aliphatic carbocycles. The lowest BCUT2D eigenvalue weighted by Gasteiger charge is -2.39. The summed E-state index contributed by atoms with van der Waals surface area (Å²) in [6.45, 7) is 1.76. The van der Waals surface area contributed by atoms with Crippen molar-refractivity contribution >= 4 is 0 Å². The normalized spacial score (nSPS) is 37.3. The highest BCUT2D eigenvalue weighted by Crippen LogP contribution is 2.27. The summed E-state index contributed by atoms with van der Waals surface area (Å²) in [5.74, 6) is 0. The van der Waals surface area contributed by atoms with Gasteiger partial charge in [0.15, 0.2) is 0 Å². The Hall–Kier alpha value is -0.150. The van der Waals surface area contributed by atoms with Gasteiger partial charge in [0.1, 0.15) is 6.17 Å². The van der Waals surface area contributed by atoms with E-state index in [4.69, 9.17) is 0 Å². The van der Waals surface area contributed by atoms with Gasteiger partial charge in [-0.15, -0.1) is 0 Å². The van der Waals surface area contributed by atoms with Gasteiger partial charge in [0.05, 0.1) is 6.10 Å². The Kier molecular flexibility index (Phi) is 3.39. The Morgan fingerprint density at radius 3 is 2.29 bits per heavy atom. The minimum Gasteiger partial charge on any atom is -0.393 e. The van der Waals surface area contributed by atoms with E-state index in [9.17, 15) is 9.50 Å². The molecule has 1 saturated carbocycles. The molecule has 3 heteroatoms. The van der Waals surface area contributed by atoms with Crippen molar-refractivity contribution in [3.05, 3.63) is 0 Å². The highest BCUT2D eigenvalue weighted by atomic mass is 19.1. The van der Waals surface area contributed by atoms with E-state index in [1.165, 1.54) is 6.42 Å². The Morgan fingerprint density at radius 2 is 1.64 bits per heavy atom. The fraction of sp³-hybridized carbons (Fsp3) is 1.00. The summed E-state index contributed by atoms with van der Waals surface area (Å²) < 4.78 is 13.6. The van der Waals surface area contributed by atoms with Gasteiger partial charge in [-0.25, -0.2) is 4.39 Å². The third-order valence-corrected chi connectivity index (χ3v) is 3.62. The molecule has 2 unspecified atom stereocenters. The molecule has 2 fully saturated rings. The Morgan fingerprint density at radius 1 is 1.00 bits per heavy atom. The molecule has 0 bridgehead atoms. The first-order valence-corrected chi connectivity index (χ1v) is 5.83. The topological polar surface area (TPSA) is 23.5 Å². The standard InChI is InChI=1S/C11H20FNO/c12-10-3-1-2-4-11(10)13-7-5-9(14)6-8-13/h9-11,14H,1-8H2. The summed E-state index contributed by atoms with van der Waals surface area (Å²) in [7, 11) is 0. The number of aliphatic hydroxyl groups is 1.